The topological polar surface area (TPSA) is 6.48 Å². The normalized spacial score (nSPS) is 22.9. The number of nitrogens with zero attached hydrogens (tertiary/aromatic N) is 2. The third-order valence-corrected chi connectivity index (χ3v) is 4.81. The van der Waals surface area contributed by atoms with Gasteiger partial charge in [-0.25, -0.2) is 0 Å². The summed E-state index contributed by atoms with van der Waals surface area (Å²) in [5.41, 5.74) is 1.47. The van der Waals surface area contributed by atoms with Gasteiger partial charge in [-0.1, -0.05) is 43.2 Å². The van der Waals surface area contributed by atoms with E-state index < -0.39 is 0 Å². The lowest BCUT2D eigenvalue weighted by Gasteiger charge is -2.38. The molecule has 0 unspecified atom stereocenters. The van der Waals surface area contributed by atoms with E-state index in [1.54, 1.807) is 0 Å². The Morgan fingerprint density at radius 3 is 2.26 bits per heavy atom. The SMILES string of the molecule is c1ccc(CCN2CCN(C3CCCC3)CC2)cc1. The monoisotopic (exact) mass is 258 g/mol. The summed E-state index contributed by atoms with van der Waals surface area (Å²) < 4.78 is 0. The lowest BCUT2D eigenvalue weighted by molar-refractivity contribution is 0.0986. The summed E-state index contributed by atoms with van der Waals surface area (Å²) in [6, 6.07) is 11.8. The van der Waals surface area contributed by atoms with Crippen molar-refractivity contribution in [2.75, 3.05) is 32.7 Å². The van der Waals surface area contributed by atoms with Gasteiger partial charge in [-0.15, -0.1) is 0 Å². The Labute approximate surface area is 117 Å². The van der Waals surface area contributed by atoms with Gasteiger partial charge in [-0.05, 0) is 24.8 Å². The van der Waals surface area contributed by atoms with Crippen LogP contribution in [-0.2, 0) is 6.42 Å². The maximum absolute atomic E-state index is 2.74. The summed E-state index contributed by atoms with van der Waals surface area (Å²) in [7, 11) is 0. The summed E-state index contributed by atoms with van der Waals surface area (Å²) >= 11 is 0. The van der Waals surface area contributed by atoms with Gasteiger partial charge in [0.15, 0.2) is 0 Å². The molecule has 1 aromatic carbocycles. The predicted octanol–water partition coefficient (Wildman–Crippen LogP) is 2.79. The fourth-order valence-corrected chi connectivity index (χ4v) is 3.55. The van der Waals surface area contributed by atoms with Crippen molar-refractivity contribution in [1.29, 1.82) is 0 Å². The highest BCUT2D eigenvalue weighted by molar-refractivity contribution is 5.14. The van der Waals surface area contributed by atoms with Crippen LogP contribution in [-0.4, -0.2) is 48.6 Å². The predicted molar refractivity (Wildman–Crippen MR) is 80.4 cm³/mol. The van der Waals surface area contributed by atoms with Crippen LogP contribution < -0.4 is 0 Å². The first-order valence-corrected chi connectivity index (χ1v) is 7.92. The van der Waals surface area contributed by atoms with Gasteiger partial charge in [0.2, 0.25) is 0 Å². The van der Waals surface area contributed by atoms with Crippen LogP contribution >= 0.6 is 0 Å². The first-order chi connectivity index (χ1) is 9.42. The molecule has 1 aliphatic carbocycles. The zero-order chi connectivity index (χ0) is 12.9. The number of hydrogen-bond acceptors (Lipinski definition) is 2. The van der Waals surface area contributed by atoms with Gasteiger partial charge < -0.3 is 4.90 Å². The third-order valence-electron chi connectivity index (χ3n) is 4.81. The van der Waals surface area contributed by atoms with Crippen molar-refractivity contribution in [3.8, 4) is 0 Å². The minimum Gasteiger partial charge on any atom is -0.300 e. The molecule has 0 aromatic heterocycles. The lowest BCUT2D eigenvalue weighted by atomic mass is 10.1. The van der Waals surface area contributed by atoms with Crippen LogP contribution in [0.5, 0.6) is 0 Å². The average molecular weight is 258 g/mol. The standard InChI is InChI=1S/C17H26N2/c1-2-6-16(7-3-1)10-11-18-12-14-19(15-13-18)17-8-4-5-9-17/h1-3,6-7,17H,4-5,8-15H2. The Kier molecular flexibility index (Phi) is 4.52. The molecule has 1 saturated heterocycles. The van der Waals surface area contributed by atoms with Crippen molar-refractivity contribution in [2.24, 2.45) is 0 Å². The quantitative estimate of drug-likeness (QED) is 0.819. The van der Waals surface area contributed by atoms with Crippen molar-refractivity contribution in [1.82, 2.24) is 9.80 Å². The van der Waals surface area contributed by atoms with Gasteiger partial charge in [-0.2, -0.15) is 0 Å². The van der Waals surface area contributed by atoms with Crippen molar-refractivity contribution in [3.63, 3.8) is 0 Å². The van der Waals surface area contributed by atoms with Crippen LogP contribution in [0.2, 0.25) is 0 Å². The molecule has 1 aromatic rings. The molecule has 104 valence electrons. The molecule has 2 fully saturated rings. The molecular weight excluding hydrogens is 232 g/mol. The number of hydrogen-bond donors (Lipinski definition) is 0. The van der Waals surface area contributed by atoms with Crippen LogP contribution in [0.1, 0.15) is 31.2 Å². The highest BCUT2D eigenvalue weighted by Crippen LogP contribution is 2.24. The second kappa shape index (κ2) is 6.53. The molecule has 2 heteroatoms. The van der Waals surface area contributed by atoms with E-state index >= 15 is 0 Å². The van der Waals surface area contributed by atoms with E-state index in [4.69, 9.17) is 0 Å². The van der Waals surface area contributed by atoms with E-state index in [1.807, 2.05) is 0 Å². The molecule has 2 nitrogen and oxygen atoms in total. The van der Waals surface area contributed by atoms with Gasteiger partial charge in [0.25, 0.3) is 0 Å². The maximum atomic E-state index is 2.74. The van der Waals surface area contributed by atoms with Crippen molar-refractivity contribution in [3.05, 3.63) is 35.9 Å². The molecule has 0 N–H and O–H groups in total. The molecular formula is C17H26N2. The summed E-state index contributed by atoms with van der Waals surface area (Å²) in [5, 5.41) is 0. The number of rotatable bonds is 4. The summed E-state index contributed by atoms with van der Waals surface area (Å²) in [4.78, 5) is 5.38. The molecule has 19 heavy (non-hydrogen) atoms. The zero-order valence-electron chi connectivity index (χ0n) is 11.9. The fraction of sp³-hybridized carbons (Fsp3) is 0.647. The highest BCUT2D eigenvalue weighted by Gasteiger charge is 2.25. The van der Waals surface area contributed by atoms with Gasteiger partial charge in [-0.3, -0.25) is 4.90 Å². The van der Waals surface area contributed by atoms with E-state index in [0.717, 1.165) is 6.04 Å². The van der Waals surface area contributed by atoms with E-state index in [9.17, 15) is 0 Å². The molecule has 1 heterocycles. The zero-order valence-corrected chi connectivity index (χ0v) is 11.9. The number of piperazine rings is 1. The molecule has 0 atom stereocenters. The van der Waals surface area contributed by atoms with Gasteiger partial charge in [0.05, 0.1) is 0 Å². The fourth-order valence-electron chi connectivity index (χ4n) is 3.55. The largest absolute Gasteiger partial charge is 0.300 e. The van der Waals surface area contributed by atoms with E-state index in [1.165, 1.54) is 70.4 Å². The van der Waals surface area contributed by atoms with E-state index in [2.05, 4.69) is 40.1 Å². The van der Waals surface area contributed by atoms with Gasteiger partial charge in [0.1, 0.15) is 0 Å². The van der Waals surface area contributed by atoms with Crippen LogP contribution in [0.15, 0.2) is 30.3 Å². The number of benzene rings is 1. The smallest absolute Gasteiger partial charge is 0.0113 e. The summed E-state index contributed by atoms with van der Waals surface area (Å²) in [6.07, 6.45) is 7.01. The highest BCUT2D eigenvalue weighted by atomic mass is 15.3. The second-order valence-corrected chi connectivity index (χ2v) is 6.05. The lowest BCUT2D eigenvalue weighted by Crippen LogP contribution is -2.50. The Bertz CT molecular complexity index is 362. The Balaban J connectivity index is 1.40. The van der Waals surface area contributed by atoms with E-state index in [0.29, 0.717) is 0 Å². The minimum absolute atomic E-state index is 0.913. The van der Waals surface area contributed by atoms with Crippen molar-refractivity contribution >= 4 is 0 Å². The molecule has 3 rings (SSSR count). The maximum Gasteiger partial charge on any atom is 0.0113 e. The first-order valence-electron chi connectivity index (χ1n) is 7.92. The first kappa shape index (κ1) is 13.1. The summed E-state index contributed by atoms with van der Waals surface area (Å²) in [6.45, 7) is 6.34. The van der Waals surface area contributed by atoms with Crippen molar-refractivity contribution < 1.29 is 0 Å². The van der Waals surface area contributed by atoms with Crippen LogP contribution in [0.3, 0.4) is 0 Å². The van der Waals surface area contributed by atoms with Gasteiger partial charge >= 0.3 is 0 Å². The Morgan fingerprint density at radius 2 is 1.58 bits per heavy atom. The third kappa shape index (κ3) is 3.58. The Morgan fingerprint density at radius 1 is 0.895 bits per heavy atom. The molecule has 0 spiro atoms. The molecule has 0 amide bonds. The van der Waals surface area contributed by atoms with Crippen LogP contribution in [0, 0.1) is 0 Å². The van der Waals surface area contributed by atoms with Crippen molar-refractivity contribution in [2.45, 2.75) is 38.1 Å². The molecule has 1 saturated carbocycles. The summed E-state index contributed by atoms with van der Waals surface area (Å²) in [5.74, 6) is 0. The molecule has 2 aliphatic rings. The molecule has 0 bridgehead atoms. The van der Waals surface area contributed by atoms with E-state index in [-0.39, 0.29) is 0 Å². The van der Waals surface area contributed by atoms with Gasteiger partial charge in [0, 0.05) is 38.8 Å². The Hall–Kier alpha value is -0.860. The molecule has 0 radical (unpaired) electrons. The van der Waals surface area contributed by atoms with Crippen LogP contribution in [0.4, 0.5) is 0 Å². The van der Waals surface area contributed by atoms with Crippen LogP contribution in [0.25, 0.3) is 0 Å². The second-order valence-electron chi connectivity index (χ2n) is 6.05. The average Bonchev–Trinajstić information content (AvgIpc) is 3.01. The minimum atomic E-state index is 0.913. The molecule has 1 aliphatic heterocycles.